The minimum absolute atomic E-state index is 0.0736. The van der Waals surface area contributed by atoms with E-state index in [-0.39, 0.29) is 17.3 Å². The van der Waals surface area contributed by atoms with Gasteiger partial charge >= 0.3 is 0 Å². The van der Waals surface area contributed by atoms with Crippen molar-refractivity contribution in [1.82, 2.24) is 4.90 Å². The first-order valence-corrected chi connectivity index (χ1v) is 8.36. The Balaban J connectivity index is 2.00. The summed E-state index contributed by atoms with van der Waals surface area (Å²) >= 11 is 3.61. The molecule has 0 saturated carbocycles. The number of amides is 1. The molecular weight excluding hydrogens is 362 g/mol. The topological polar surface area (TPSA) is 55.8 Å². The first kappa shape index (κ1) is 14.8. The van der Waals surface area contributed by atoms with Gasteiger partial charge in [0.15, 0.2) is 17.3 Å². The van der Waals surface area contributed by atoms with E-state index in [1.165, 1.54) is 0 Å². The molecule has 23 heavy (non-hydrogen) atoms. The highest BCUT2D eigenvalue weighted by molar-refractivity contribution is 9.10. The van der Waals surface area contributed by atoms with Crippen LogP contribution in [0.25, 0.3) is 0 Å². The number of hydrogen-bond acceptors (Lipinski definition) is 4. The second-order valence-corrected chi connectivity index (χ2v) is 7.07. The molecule has 1 aromatic carbocycles. The number of allylic oxidation sites excluding steroid dienone is 1. The van der Waals surface area contributed by atoms with Gasteiger partial charge in [-0.2, -0.15) is 0 Å². The number of benzene rings is 1. The minimum atomic E-state index is -0.368. The number of carbonyl (C=O) groups is 2. The Bertz CT molecular complexity index is 745. The van der Waals surface area contributed by atoms with E-state index in [9.17, 15) is 9.59 Å². The van der Waals surface area contributed by atoms with Gasteiger partial charge in [0, 0.05) is 29.5 Å². The number of hydrogen-bond donors (Lipinski definition) is 0. The summed E-state index contributed by atoms with van der Waals surface area (Å²) in [4.78, 5) is 25.0. The van der Waals surface area contributed by atoms with E-state index in [0.717, 1.165) is 28.4 Å². The molecule has 0 bridgehead atoms. The first-order valence-electron chi connectivity index (χ1n) is 7.57. The van der Waals surface area contributed by atoms with Crippen LogP contribution in [0, 0.1) is 0 Å². The van der Waals surface area contributed by atoms with Crippen molar-refractivity contribution in [2.75, 3.05) is 13.7 Å². The van der Waals surface area contributed by atoms with Gasteiger partial charge in [0.1, 0.15) is 6.10 Å². The lowest BCUT2D eigenvalue weighted by Gasteiger charge is -2.33. The van der Waals surface area contributed by atoms with Gasteiger partial charge in [0.25, 0.3) is 0 Å². The van der Waals surface area contributed by atoms with Gasteiger partial charge in [-0.1, -0.05) is 22.0 Å². The lowest BCUT2D eigenvalue weighted by atomic mass is 9.69. The molecule has 4 rings (SSSR count). The van der Waals surface area contributed by atoms with E-state index in [1.54, 1.807) is 18.1 Å². The Morgan fingerprint density at radius 1 is 1.52 bits per heavy atom. The van der Waals surface area contributed by atoms with Gasteiger partial charge in [0.05, 0.1) is 12.5 Å². The van der Waals surface area contributed by atoms with Crippen molar-refractivity contribution < 1.29 is 19.1 Å². The fourth-order valence-corrected chi connectivity index (χ4v) is 4.48. The van der Waals surface area contributed by atoms with Gasteiger partial charge in [-0.3, -0.25) is 9.59 Å². The molecule has 1 aliphatic carbocycles. The number of ether oxygens (including phenoxy) is 2. The summed E-state index contributed by atoms with van der Waals surface area (Å²) in [5, 5.41) is 0. The average molecular weight is 378 g/mol. The van der Waals surface area contributed by atoms with Crippen molar-refractivity contribution in [3.05, 3.63) is 33.8 Å². The van der Waals surface area contributed by atoms with Crippen molar-refractivity contribution in [3.8, 4) is 11.5 Å². The maximum atomic E-state index is 11.9. The molecule has 0 aromatic heterocycles. The predicted molar refractivity (Wildman–Crippen MR) is 86.6 cm³/mol. The SMILES string of the molecule is COc1cc(Br)c2c3c1OC1CC(=O)C=C[C@@]31CCN(C=O)C2. The summed E-state index contributed by atoms with van der Waals surface area (Å²) in [6, 6.07) is 1.87. The van der Waals surface area contributed by atoms with Gasteiger partial charge in [-0.25, -0.2) is 0 Å². The molecule has 0 saturated heterocycles. The van der Waals surface area contributed by atoms with E-state index >= 15 is 0 Å². The van der Waals surface area contributed by atoms with Crippen LogP contribution in [0.3, 0.4) is 0 Å². The Hall–Kier alpha value is -1.82. The molecule has 120 valence electrons. The minimum Gasteiger partial charge on any atom is -0.493 e. The van der Waals surface area contributed by atoms with Crippen LogP contribution in [-0.2, 0) is 21.5 Å². The van der Waals surface area contributed by atoms with E-state index in [0.29, 0.717) is 31.0 Å². The van der Waals surface area contributed by atoms with Gasteiger partial charge in [0.2, 0.25) is 6.41 Å². The lowest BCUT2D eigenvalue weighted by molar-refractivity contribution is -0.119. The van der Waals surface area contributed by atoms with E-state index in [2.05, 4.69) is 15.9 Å². The molecule has 6 heteroatoms. The molecule has 1 amide bonds. The molecule has 2 heterocycles. The third kappa shape index (κ3) is 1.97. The summed E-state index contributed by atoms with van der Waals surface area (Å²) in [5.74, 6) is 1.44. The zero-order valence-corrected chi connectivity index (χ0v) is 14.3. The predicted octanol–water partition coefficient (Wildman–Crippen LogP) is 2.35. The van der Waals surface area contributed by atoms with E-state index in [4.69, 9.17) is 9.47 Å². The van der Waals surface area contributed by atoms with Gasteiger partial charge in [-0.05, 0) is 24.1 Å². The van der Waals surface area contributed by atoms with Crippen molar-refractivity contribution in [2.24, 2.45) is 0 Å². The highest BCUT2D eigenvalue weighted by Gasteiger charge is 2.53. The molecule has 3 aliphatic rings. The molecule has 5 nitrogen and oxygen atoms in total. The maximum Gasteiger partial charge on any atom is 0.210 e. The number of halogens is 1. The fourth-order valence-electron chi connectivity index (χ4n) is 3.95. The summed E-state index contributed by atoms with van der Waals surface area (Å²) in [5.41, 5.74) is 1.72. The summed E-state index contributed by atoms with van der Waals surface area (Å²) in [7, 11) is 1.61. The number of ketones is 1. The van der Waals surface area contributed by atoms with Crippen LogP contribution in [-0.4, -0.2) is 36.9 Å². The second-order valence-electron chi connectivity index (χ2n) is 6.22. The average Bonchev–Trinajstić information content (AvgIpc) is 2.77. The van der Waals surface area contributed by atoms with E-state index in [1.807, 2.05) is 12.1 Å². The molecule has 0 N–H and O–H groups in total. The van der Waals surface area contributed by atoms with Crippen LogP contribution in [0.4, 0.5) is 0 Å². The molecule has 1 unspecified atom stereocenters. The van der Waals surface area contributed by atoms with Crippen molar-refractivity contribution >= 4 is 28.1 Å². The number of nitrogens with zero attached hydrogens (tertiary/aromatic N) is 1. The summed E-state index contributed by atoms with van der Waals surface area (Å²) < 4.78 is 12.6. The van der Waals surface area contributed by atoms with Crippen LogP contribution in [0.1, 0.15) is 24.0 Å². The second kappa shape index (κ2) is 5.09. The zero-order valence-electron chi connectivity index (χ0n) is 12.7. The monoisotopic (exact) mass is 377 g/mol. The standard InChI is InChI=1S/C17H16BrNO4/c1-22-13-7-12(18)11-8-19(9-20)5-4-17-3-2-10(21)6-14(17)23-16(13)15(11)17/h2-3,7,9,14H,4-6,8H2,1H3/t14?,17-/m0/s1. The van der Waals surface area contributed by atoms with Crippen LogP contribution in [0.2, 0.25) is 0 Å². The smallest absolute Gasteiger partial charge is 0.210 e. The Labute approximate surface area is 142 Å². The molecule has 0 fully saturated rings. The number of carbonyl (C=O) groups excluding carboxylic acids is 2. The van der Waals surface area contributed by atoms with Gasteiger partial charge in [-0.15, -0.1) is 0 Å². The van der Waals surface area contributed by atoms with Crippen molar-refractivity contribution in [3.63, 3.8) is 0 Å². The highest BCUT2D eigenvalue weighted by Crippen LogP contribution is 2.56. The number of methoxy groups -OCH3 is 1. The van der Waals surface area contributed by atoms with Crippen molar-refractivity contribution in [2.45, 2.75) is 30.9 Å². The van der Waals surface area contributed by atoms with Crippen LogP contribution < -0.4 is 9.47 Å². The largest absolute Gasteiger partial charge is 0.493 e. The van der Waals surface area contributed by atoms with Crippen LogP contribution in [0.5, 0.6) is 11.5 Å². The third-order valence-electron chi connectivity index (χ3n) is 5.09. The summed E-state index contributed by atoms with van der Waals surface area (Å²) in [6.45, 7) is 1.15. The van der Waals surface area contributed by atoms with Crippen molar-refractivity contribution in [1.29, 1.82) is 0 Å². The first-order chi connectivity index (χ1) is 11.1. The molecule has 2 aliphatic heterocycles. The Morgan fingerprint density at radius 3 is 3.09 bits per heavy atom. The fraction of sp³-hybridized carbons (Fsp3) is 0.412. The number of rotatable bonds is 2. The van der Waals surface area contributed by atoms with E-state index < -0.39 is 0 Å². The van der Waals surface area contributed by atoms with Gasteiger partial charge < -0.3 is 14.4 Å². The molecule has 0 radical (unpaired) electrons. The zero-order chi connectivity index (χ0) is 16.2. The Kier molecular flexibility index (Phi) is 3.27. The quantitative estimate of drug-likeness (QED) is 0.742. The maximum absolute atomic E-state index is 11.9. The van der Waals surface area contributed by atoms with Crippen LogP contribution >= 0.6 is 15.9 Å². The molecule has 1 aromatic rings. The van der Waals surface area contributed by atoms with Crippen LogP contribution in [0.15, 0.2) is 22.7 Å². The normalized spacial score (nSPS) is 27.8. The molecule has 1 spiro atoms. The molecular formula is C17H16BrNO4. The highest BCUT2D eigenvalue weighted by atomic mass is 79.9. The Morgan fingerprint density at radius 2 is 2.35 bits per heavy atom. The lowest BCUT2D eigenvalue weighted by Crippen LogP contribution is -2.41. The third-order valence-corrected chi connectivity index (χ3v) is 5.80. The summed E-state index contributed by atoms with van der Waals surface area (Å²) in [6.07, 6.45) is 5.37. The molecule has 2 atom stereocenters.